The molecule has 0 bridgehead atoms. The first kappa shape index (κ1) is 19.1. The number of hydrogen-bond donors (Lipinski definition) is 0. The molecule has 0 spiro atoms. The van der Waals surface area contributed by atoms with E-state index in [0.29, 0.717) is 37.0 Å². The molecule has 1 aliphatic rings. The van der Waals surface area contributed by atoms with Gasteiger partial charge >= 0.3 is 0 Å². The second-order valence-corrected chi connectivity index (χ2v) is 7.60. The molecule has 3 heterocycles. The van der Waals surface area contributed by atoms with Crippen LogP contribution in [0.2, 0.25) is 0 Å². The van der Waals surface area contributed by atoms with Crippen LogP contribution in [0.5, 0.6) is 0 Å². The minimum absolute atomic E-state index is 0.0270. The van der Waals surface area contributed by atoms with Gasteiger partial charge in [-0.1, -0.05) is 65.8 Å². The topological polar surface area (TPSA) is 85.0 Å². The van der Waals surface area contributed by atoms with Crippen LogP contribution in [0, 0.1) is 0 Å². The van der Waals surface area contributed by atoms with Crippen LogP contribution in [0.15, 0.2) is 83.6 Å². The fraction of sp³-hybridized carbons (Fsp3) is 0.208. The van der Waals surface area contributed by atoms with Gasteiger partial charge in [-0.05, 0) is 17.2 Å². The van der Waals surface area contributed by atoms with Crippen LogP contribution in [-0.4, -0.2) is 44.0 Å². The van der Waals surface area contributed by atoms with Crippen LogP contribution in [0.1, 0.15) is 35.3 Å². The Bertz CT molecular complexity index is 1100. The molecule has 0 N–H and O–H groups in total. The summed E-state index contributed by atoms with van der Waals surface area (Å²) in [5.41, 5.74) is 2.28. The van der Waals surface area contributed by atoms with Crippen LogP contribution in [0.3, 0.4) is 0 Å². The van der Waals surface area contributed by atoms with Crippen LogP contribution < -0.4 is 0 Å². The van der Waals surface area contributed by atoms with Gasteiger partial charge in [0.2, 0.25) is 23.4 Å². The van der Waals surface area contributed by atoms with Crippen molar-refractivity contribution in [2.24, 2.45) is 0 Å². The van der Waals surface area contributed by atoms with Crippen molar-refractivity contribution in [1.29, 1.82) is 0 Å². The number of nitrogens with zero attached hydrogens (tertiary/aromatic N) is 5. The zero-order valence-electron chi connectivity index (χ0n) is 16.8. The monoisotopic (exact) mass is 411 g/mol. The summed E-state index contributed by atoms with van der Waals surface area (Å²) in [7, 11) is 0. The normalized spacial score (nSPS) is 13.9. The van der Waals surface area contributed by atoms with Gasteiger partial charge in [0.1, 0.15) is 0 Å². The molecular weight excluding hydrogens is 390 g/mol. The number of benzene rings is 2. The number of aromatic nitrogens is 4. The molecule has 5 rings (SSSR count). The third kappa shape index (κ3) is 4.07. The summed E-state index contributed by atoms with van der Waals surface area (Å²) >= 11 is 0. The van der Waals surface area contributed by atoms with E-state index in [4.69, 9.17) is 4.52 Å². The van der Waals surface area contributed by atoms with Crippen LogP contribution in [0.4, 0.5) is 0 Å². The molecule has 1 saturated heterocycles. The molecule has 0 aliphatic carbocycles. The largest absolute Gasteiger partial charge is 0.341 e. The molecule has 31 heavy (non-hydrogen) atoms. The first-order valence-corrected chi connectivity index (χ1v) is 10.3. The Labute approximate surface area is 179 Å². The highest BCUT2D eigenvalue weighted by Crippen LogP contribution is 2.32. The summed E-state index contributed by atoms with van der Waals surface area (Å²) in [6.07, 6.45) is 3.70. The number of carbonyl (C=O) groups is 1. The maximum Gasteiger partial charge on any atom is 0.240 e. The predicted molar refractivity (Wildman–Crippen MR) is 114 cm³/mol. The van der Waals surface area contributed by atoms with Crippen LogP contribution >= 0.6 is 0 Å². The van der Waals surface area contributed by atoms with Crippen LogP contribution in [-0.2, 0) is 4.79 Å². The van der Waals surface area contributed by atoms with E-state index >= 15 is 0 Å². The molecule has 1 amide bonds. The highest BCUT2D eigenvalue weighted by Gasteiger charge is 2.36. The maximum absolute atomic E-state index is 13.0. The van der Waals surface area contributed by atoms with Gasteiger partial charge in [-0.2, -0.15) is 4.98 Å². The number of amides is 1. The fourth-order valence-electron chi connectivity index (χ4n) is 3.85. The first-order valence-electron chi connectivity index (χ1n) is 10.3. The van der Waals surface area contributed by atoms with Crippen molar-refractivity contribution in [2.75, 3.05) is 13.1 Å². The fourth-order valence-corrected chi connectivity index (χ4v) is 3.85. The average Bonchev–Trinajstić information content (AvgIpc) is 3.28. The quantitative estimate of drug-likeness (QED) is 0.481. The van der Waals surface area contributed by atoms with Crippen molar-refractivity contribution in [3.8, 4) is 11.6 Å². The molecule has 7 heteroatoms. The Kier molecular flexibility index (Phi) is 5.22. The van der Waals surface area contributed by atoms with E-state index < -0.39 is 0 Å². The van der Waals surface area contributed by atoms with E-state index in [9.17, 15) is 4.79 Å². The highest BCUT2D eigenvalue weighted by molar-refractivity contribution is 5.79. The van der Waals surface area contributed by atoms with E-state index in [1.54, 1.807) is 18.5 Å². The van der Waals surface area contributed by atoms with Crippen molar-refractivity contribution in [3.05, 3.63) is 96.1 Å². The van der Waals surface area contributed by atoms with E-state index in [2.05, 4.69) is 44.4 Å². The molecule has 154 valence electrons. The number of carbonyl (C=O) groups excluding carboxylic acids is 1. The van der Waals surface area contributed by atoms with Gasteiger partial charge in [0.25, 0.3) is 0 Å². The minimum atomic E-state index is 0.0270. The van der Waals surface area contributed by atoms with Crippen molar-refractivity contribution in [2.45, 2.75) is 18.3 Å². The van der Waals surface area contributed by atoms with Gasteiger partial charge in [-0.3, -0.25) is 4.79 Å². The Morgan fingerprint density at radius 2 is 1.52 bits per heavy atom. The van der Waals surface area contributed by atoms with Crippen molar-refractivity contribution < 1.29 is 9.32 Å². The molecule has 4 aromatic rings. The summed E-state index contributed by atoms with van der Waals surface area (Å²) in [6.45, 7) is 1.15. The van der Waals surface area contributed by atoms with E-state index in [-0.39, 0.29) is 17.7 Å². The lowest BCUT2D eigenvalue weighted by atomic mass is 9.87. The van der Waals surface area contributed by atoms with Crippen molar-refractivity contribution >= 4 is 5.91 Å². The number of rotatable bonds is 6. The standard InChI is InChI=1S/C24H21N5O2/c30-21(14-20(17-8-3-1-4-9-17)18-10-5-2-6-11-18)29-15-19(16-29)24-27-23(28-31-24)22-25-12-7-13-26-22/h1-13,19-20H,14-16H2. The summed E-state index contributed by atoms with van der Waals surface area (Å²) < 4.78 is 5.39. The second kappa shape index (κ2) is 8.47. The molecule has 0 saturated carbocycles. The second-order valence-electron chi connectivity index (χ2n) is 7.60. The first-order chi connectivity index (χ1) is 15.3. The molecule has 1 aliphatic heterocycles. The van der Waals surface area contributed by atoms with Crippen molar-refractivity contribution in [1.82, 2.24) is 25.0 Å². The van der Waals surface area contributed by atoms with Gasteiger partial charge in [0, 0.05) is 37.8 Å². The lowest BCUT2D eigenvalue weighted by molar-refractivity contribution is -0.136. The van der Waals surface area contributed by atoms with Gasteiger partial charge in [-0.25, -0.2) is 9.97 Å². The summed E-state index contributed by atoms with van der Waals surface area (Å²) in [5, 5.41) is 3.97. The molecule has 2 aromatic carbocycles. The Morgan fingerprint density at radius 1 is 0.903 bits per heavy atom. The lowest BCUT2D eigenvalue weighted by Gasteiger charge is -2.38. The molecule has 0 unspecified atom stereocenters. The molecule has 2 aromatic heterocycles. The number of hydrogen-bond acceptors (Lipinski definition) is 6. The van der Waals surface area contributed by atoms with Gasteiger partial charge in [0.15, 0.2) is 0 Å². The third-order valence-corrected chi connectivity index (χ3v) is 5.57. The average molecular weight is 411 g/mol. The molecule has 7 nitrogen and oxygen atoms in total. The minimum Gasteiger partial charge on any atom is -0.341 e. The smallest absolute Gasteiger partial charge is 0.240 e. The molecule has 0 atom stereocenters. The summed E-state index contributed by atoms with van der Waals surface area (Å²) in [5.74, 6) is 1.51. The number of likely N-dealkylation sites (tertiary alicyclic amines) is 1. The highest BCUT2D eigenvalue weighted by atomic mass is 16.5. The zero-order chi connectivity index (χ0) is 21.0. The molecule has 0 radical (unpaired) electrons. The van der Waals surface area contributed by atoms with Crippen molar-refractivity contribution in [3.63, 3.8) is 0 Å². The zero-order valence-corrected chi connectivity index (χ0v) is 16.8. The van der Waals surface area contributed by atoms with E-state index in [0.717, 1.165) is 11.1 Å². The van der Waals surface area contributed by atoms with Gasteiger partial charge in [-0.15, -0.1) is 0 Å². The van der Waals surface area contributed by atoms with E-state index in [1.807, 2.05) is 41.3 Å². The molecular formula is C24H21N5O2. The predicted octanol–water partition coefficient (Wildman–Crippen LogP) is 3.67. The van der Waals surface area contributed by atoms with Crippen LogP contribution in [0.25, 0.3) is 11.6 Å². The van der Waals surface area contributed by atoms with Gasteiger partial charge in [0.05, 0.1) is 5.92 Å². The molecule has 1 fully saturated rings. The Morgan fingerprint density at radius 3 is 2.13 bits per heavy atom. The Hall–Kier alpha value is -3.87. The third-order valence-electron chi connectivity index (χ3n) is 5.57. The summed E-state index contributed by atoms with van der Waals surface area (Å²) in [4.78, 5) is 27.6. The lowest BCUT2D eigenvalue weighted by Crippen LogP contribution is -2.48. The summed E-state index contributed by atoms with van der Waals surface area (Å²) in [6, 6.07) is 22.1. The van der Waals surface area contributed by atoms with Gasteiger partial charge < -0.3 is 9.42 Å². The maximum atomic E-state index is 13.0. The Balaban J connectivity index is 1.25. The SMILES string of the molecule is O=C(CC(c1ccccc1)c1ccccc1)N1CC(c2nc(-c3ncccn3)no2)C1. The van der Waals surface area contributed by atoms with E-state index in [1.165, 1.54) is 0 Å².